The molecule has 0 aliphatic heterocycles. The Hall–Kier alpha value is -0.690. The third-order valence-corrected chi connectivity index (χ3v) is 4.26. The van der Waals surface area contributed by atoms with Gasteiger partial charge in [0.25, 0.3) is 0 Å². The standard InChI is InChI=1S/C20H33ClO/c1-2-3-4-5-6-7-8-9-10-11-14-19-15-12-13-16-20(19)22-18-17-21/h12-13,15-16H,2-11,14,17-18H2,1H3. The first-order valence-electron chi connectivity index (χ1n) is 9.15. The van der Waals surface area contributed by atoms with Crippen molar-refractivity contribution in [1.29, 1.82) is 0 Å². The van der Waals surface area contributed by atoms with Crippen LogP contribution in [0.2, 0.25) is 0 Å². The molecular weight excluding hydrogens is 292 g/mol. The van der Waals surface area contributed by atoms with Crippen LogP contribution in [-0.2, 0) is 6.42 Å². The van der Waals surface area contributed by atoms with E-state index in [1.54, 1.807) is 0 Å². The molecule has 1 nitrogen and oxygen atoms in total. The molecule has 22 heavy (non-hydrogen) atoms. The molecule has 1 rings (SSSR count). The van der Waals surface area contributed by atoms with E-state index < -0.39 is 0 Å². The number of aryl methyl sites for hydroxylation is 1. The van der Waals surface area contributed by atoms with Crippen LogP contribution >= 0.6 is 11.6 Å². The Morgan fingerprint density at radius 2 is 1.41 bits per heavy atom. The molecule has 1 aromatic carbocycles. The third-order valence-electron chi connectivity index (χ3n) is 4.11. The van der Waals surface area contributed by atoms with Crippen molar-refractivity contribution < 1.29 is 4.74 Å². The van der Waals surface area contributed by atoms with E-state index in [9.17, 15) is 0 Å². The van der Waals surface area contributed by atoms with E-state index in [1.807, 2.05) is 6.07 Å². The predicted molar refractivity (Wildman–Crippen MR) is 98.2 cm³/mol. The number of hydrogen-bond donors (Lipinski definition) is 0. The highest BCUT2D eigenvalue weighted by Gasteiger charge is 2.02. The van der Waals surface area contributed by atoms with Crippen molar-refractivity contribution in [2.24, 2.45) is 0 Å². The number of halogens is 1. The molecule has 0 fully saturated rings. The fourth-order valence-corrected chi connectivity index (χ4v) is 2.88. The van der Waals surface area contributed by atoms with Crippen LogP contribution in [0.15, 0.2) is 24.3 Å². The molecular formula is C20H33ClO. The third kappa shape index (κ3) is 9.35. The largest absolute Gasteiger partial charge is 0.492 e. The van der Waals surface area contributed by atoms with Crippen LogP contribution in [0.25, 0.3) is 0 Å². The van der Waals surface area contributed by atoms with Crippen molar-refractivity contribution in [2.75, 3.05) is 12.5 Å². The van der Waals surface area contributed by atoms with Gasteiger partial charge in [0.05, 0.1) is 5.88 Å². The molecule has 0 aliphatic rings. The first-order valence-corrected chi connectivity index (χ1v) is 9.68. The monoisotopic (exact) mass is 324 g/mol. The van der Waals surface area contributed by atoms with Crippen LogP contribution in [0.3, 0.4) is 0 Å². The minimum atomic E-state index is 0.548. The molecule has 1 aromatic rings. The second-order valence-electron chi connectivity index (χ2n) is 6.08. The average molecular weight is 325 g/mol. The van der Waals surface area contributed by atoms with Gasteiger partial charge in [0.15, 0.2) is 0 Å². The normalized spacial score (nSPS) is 10.8. The van der Waals surface area contributed by atoms with Gasteiger partial charge in [-0.3, -0.25) is 0 Å². The zero-order valence-corrected chi connectivity index (χ0v) is 15.0. The van der Waals surface area contributed by atoms with Gasteiger partial charge in [0.1, 0.15) is 12.4 Å². The van der Waals surface area contributed by atoms with Crippen LogP contribution in [-0.4, -0.2) is 12.5 Å². The Bertz CT molecular complexity index is 364. The SMILES string of the molecule is CCCCCCCCCCCCc1ccccc1OCCCl. The van der Waals surface area contributed by atoms with Crippen molar-refractivity contribution in [2.45, 2.75) is 77.6 Å². The Labute approximate surface area is 142 Å². The highest BCUT2D eigenvalue weighted by Crippen LogP contribution is 2.21. The lowest BCUT2D eigenvalue weighted by molar-refractivity contribution is 0.338. The maximum Gasteiger partial charge on any atom is 0.122 e. The van der Waals surface area contributed by atoms with Gasteiger partial charge in [-0.2, -0.15) is 0 Å². The molecule has 0 heterocycles. The summed E-state index contributed by atoms with van der Waals surface area (Å²) in [5.74, 6) is 1.56. The lowest BCUT2D eigenvalue weighted by Gasteiger charge is -2.10. The van der Waals surface area contributed by atoms with E-state index in [2.05, 4.69) is 25.1 Å². The zero-order valence-electron chi connectivity index (χ0n) is 14.3. The van der Waals surface area contributed by atoms with Gasteiger partial charge in [-0.05, 0) is 24.5 Å². The fraction of sp³-hybridized carbons (Fsp3) is 0.700. The van der Waals surface area contributed by atoms with Crippen molar-refractivity contribution in [3.8, 4) is 5.75 Å². The molecule has 0 amide bonds. The van der Waals surface area contributed by atoms with E-state index in [1.165, 1.54) is 69.8 Å². The predicted octanol–water partition coefficient (Wildman–Crippen LogP) is 6.77. The van der Waals surface area contributed by atoms with Crippen LogP contribution in [0.5, 0.6) is 5.75 Å². The fourth-order valence-electron chi connectivity index (χ4n) is 2.80. The first kappa shape index (κ1) is 19.4. The molecule has 2 heteroatoms. The molecule has 0 spiro atoms. The van der Waals surface area contributed by atoms with Crippen molar-refractivity contribution >= 4 is 11.6 Å². The number of hydrogen-bond acceptors (Lipinski definition) is 1. The molecule has 0 bridgehead atoms. The van der Waals surface area contributed by atoms with Crippen LogP contribution in [0, 0.1) is 0 Å². The lowest BCUT2D eigenvalue weighted by Crippen LogP contribution is -2.01. The molecule has 0 saturated carbocycles. The summed E-state index contributed by atoms with van der Waals surface area (Å²) in [6, 6.07) is 8.36. The molecule has 0 N–H and O–H groups in total. The summed E-state index contributed by atoms with van der Waals surface area (Å²) >= 11 is 5.69. The van der Waals surface area contributed by atoms with Crippen LogP contribution in [0.4, 0.5) is 0 Å². The van der Waals surface area contributed by atoms with Crippen molar-refractivity contribution in [3.63, 3.8) is 0 Å². The zero-order chi connectivity index (χ0) is 15.9. The minimum Gasteiger partial charge on any atom is -0.492 e. The summed E-state index contributed by atoms with van der Waals surface area (Å²) in [4.78, 5) is 0. The van der Waals surface area contributed by atoms with Crippen molar-refractivity contribution in [3.05, 3.63) is 29.8 Å². The quantitative estimate of drug-likeness (QED) is 0.271. The van der Waals surface area contributed by atoms with E-state index in [0.29, 0.717) is 12.5 Å². The molecule has 0 saturated heterocycles. The van der Waals surface area contributed by atoms with Crippen molar-refractivity contribution in [1.82, 2.24) is 0 Å². The maximum absolute atomic E-state index is 5.70. The second kappa shape index (κ2) is 13.9. The molecule has 0 aromatic heterocycles. The molecule has 0 unspecified atom stereocenters. The summed E-state index contributed by atoms with van der Waals surface area (Å²) < 4.78 is 5.70. The van der Waals surface area contributed by atoms with E-state index in [-0.39, 0.29) is 0 Å². The van der Waals surface area contributed by atoms with Gasteiger partial charge in [-0.15, -0.1) is 11.6 Å². The summed E-state index contributed by atoms with van der Waals surface area (Å²) in [6.07, 6.45) is 14.9. The Morgan fingerprint density at radius 1 is 0.818 bits per heavy atom. The molecule has 126 valence electrons. The number of alkyl halides is 1. The minimum absolute atomic E-state index is 0.548. The lowest BCUT2D eigenvalue weighted by atomic mass is 10.0. The number of ether oxygens (including phenoxy) is 1. The van der Waals surface area contributed by atoms with E-state index in [0.717, 1.165) is 12.2 Å². The molecule has 0 atom stereocenters. The Kier molecular flexibility index (Phi) is 12.3. The average Bonchev–Trinajstić information content (AvgIpc) is 2.55. The summed E-state index contributed by atoms with van der Waals surface area (Å²) in [7, 11) is 0. The van der Waals surface area contributed by atoms with Gasteiger partial charge >= 0.3 is 0 Å². The molecule has 0 aliphatic carbocycles. The van der Waals surface area contributed by atoms with Crippen LogP contribution in [0.1, 0.15) is 76.7 Å². The van der Waals surface area contributed by atoms with Crippen LogP contribution < -0.4 is 4.74 Å². The smallest absolute Gasteiger partial charge is 0.122 e. The summed E-state index contributed by atoms with van der Waals surface area (Å²) in [6.45, 7) is 2.87. The van der Waals surface area contributed by atoms with Gasteiger partial charge in [-0.25, -0.2) is 0 Å². The Balaban J connectivity index is 2.05. The number of para-hydroxylation sites is 1. The molecule has 0 radical (unpaired) electrons. The number of unbranched alkanes of at least 4 members (excludes halogenated alkanes) is 9. The maximum atomic E-state index is 5.70. The van der Waals surface area contributed by atoms with E-state index in [4.69, 9.17) is 16.3 Å². The highest BCUT2D eigenvalue weighted by molar-refractivity contribution is 6.18. The summed E-state index contributed by atoms with van der Waals surface area (Å²) in [5.41, 5.74) is 1.33. The van der Waals surface area contributed by atoms with Gasteiger partial charge in [-0.1, -0.05) is 82.9 Å². The van der Waals surface area contributed by atoms with Gasteiger partial charge in [0.2, 0.25) is 0 Å². The summed E-state index contributed by atoms with van der Waals surface area (Å²) in [5, 5.41) is 0. The van der Waals surface area contributed by atoms with Gasteiger partial charge in [0, 0.05) is 0 Å². The van der Waals surface area contributed by atoms with Gasteiger partial charge < -0.3 is 4.74 Å². The first-order chi connectivity index (χ1) is 10.9. The highest BCUT2D eigenvalue weighted by atomic mass is 35.5. The number of rotatable bonds is 14. The second-order valence-corrected chi connectivity index (χ2v) is 6.46. The number of benzene rings is 1. The topological polar surface area (TPSA) is 9.23 Å². The Morgan fingerprint density at radius 3 is 2.05 bits per heavy atom. The van der Waals surface area contributed by atoms with E-state index >= 15 is 0 Å².